The van der Waals surface area contributed by atoms with Crippen LogP contribution in [0.2, 0.25) is 5.02 Å². The Balaban J connectivity index is 0.00000507. The average molecular weight is 567 g/mol. The van der Waals surface area contributed by atoms with Gasteiger partial charge in [-0.25, -0.2) is 0 Å². The lowest BCUT2D eigenvalue weighted by atomic mass is 10.1. The molecule has 2 amide bonds. The van der Waals surface area contributed by atoms with Crippen molar-refractivity contribution < 1.29 is 23.9 Å². The first-order valence-corrected chi connectivity index (χ1v) is 13.0. The van der Waals surface area contributed by atoms with Crippen molar-refractivity contribution in [3.63, 3.8) is 0 Å². The number of carbonyl (C=O) groups is 3. The zero-order valence-electron chi connectivity index (χ0n) is 22.2. The molecule has 2 aromatic rings. The van der Waals surface area contributed by atoms with Gasteiger partial charge in [0.25, 0.3) is 5.91 Å². The molecule has 0 radical (unpaired) electrons. The standard InChI is InChI=1S/C28H36ClN3O5.ClH/c1-21(2)37-19-18-32(26(33)20-27(34)36-3)25-10-6-23(7-11-25)28(35)31-16-14-30(15-17-31)13-12-22-4-8-24(29)9-5-22;/h4-11,21H,12-20H2,1-3H3;1H. The molecule has 0 N–H and O–H groups in total. The van der Waals surface area contributed by atoms with E-state index < -0.39 is 5.97 Å². The van der Waals surface area contributed by atoms with Gasteiger partial charge in [0.15, 0.2) is 0 Å². The highest BCUT2D eigenvalue weighted by atomic mass is 35.5. The van der Waals surface area contributed by atoms with E-state index in [1.165, 1.54) is 17.6 Å². The fourth-order valence-corrected chi connectivity index (χ4v) is 4.27. The van der Waals surface area contributed by atoms with Crippen LogP contribution in [0.4, 0.5) is 5.69 Å². The van der Waals surface area contributed by atoms with E-state index in [1.54, 1.807) is 24.3 Å². The molecule has 2 aromatic carbocycles. The van der Waals surface area contributed by atoms with Crippen LogP contribution in [0, 0.1) is 0 Å². The first-order valence-electron chi connectivity index (χ1n) is 12.6. The molecule has 38 heavy (non-hydrogen) atoms. The molecular weight excluding hydrogens is 529 g/mol. The number of rotatable bonds is 11. The van der Waals surface area contributed by atoms with E-state index in [-0.39, 0.29) is 36.7 Å². The molecule has 208 valence electrons. The van der Waals surface area contributed by atoms with E-state index in [0.29, 0.717) is 37.5 Å². The summed E-state index contributed by atoms with van der Waals surface area (Å²) in [4.78, 5) is 43.2. The Morgan fingerprint density at radius 2 is 1.61 bits per heavy atom. The van der Waals surface area contributed by atoms with Crippen molar-refractivity contribution in [2.24, 2.45) is 0 Å². The Labute approximate surface area is 236 Å². The number of hydrogen-bond acceptors (Lipinski definition) is 6. The van der Waals surface area contributed by atoms with Crippen LogP contribution in [0.15, 0.2) is 48.5 Å². The van der Waals surface area contributed by atoms with E-state index in [0.717, 1.165) is 31.1 Å². The van der Waals surface area contributed by atoms with Crippen LogP contribution < -0.4 is 4.90 Å². The maximum Gasteiger partial charge on any atom is 0.315 e. The maximum absolute atomic E-state index is 13.1. The van der Waals surface area contributed by atoms with Gasteiger partial charge in [-0.15, -0.1) is 12.4 Å². The van der Waals surface area contributed by atoms with Gasteiger partial charge in [-0.2, -0.15) is 0 Å². The van der Waals surface area contributed by atoms with Crippen LogP contribution in [-0.4, -0.2) is 86.7 Å². The molecule has 8 nitrogen and oxygen atoms in total. The summed E-state index contributed by atoms with van der Waals surface area (Å²) in [5.74, 6) is -1.01. The quantitative estimate of drug-likeness (QED) is 0.301. The molecule has 1 saturated heterocycles. The van der Waals surface area contributed by atoms with E-state index in [9.17, 15) is 14.4 Å². The number of benzene rings is 2. The molecule has 1 aliphatic rings. The molecule has 1 fully saturated rings. The molecule has 0 aliphatic carbocycles. The fraction of sp³-hybridized carbons (Fsp3) is 0.464. The highest BCUT2D eigenvalue weighted by molar-refractivity contribution is 6.30. The van der Waals surface area contributed by atoms with Gasteiger partial charge in [0, 0.05) is 55.5 Å². The SMILES string of the molecule is COC(=O)CC(=O)N(CCOC(C)C)c1ccc(C(=O)N2CCN(CCc3ccc(Cl)cc3)CC2)cc1.Cl. The largest absolute Gasteiger partial charge is 0.469 e. The molecule has 0 aromatic heterocycles. The predicted octanol–water partition coefficient (Wildman–Crippen LogP) is 4.08. The lowest BCUT2D eigenvalue weighted by molar-refractivity contribution is -0.143. The van der Waals surface area contributed by atoms with Crippen LogP contribution in [0.25, 0.3) is 0 Å². The second kappa shape index (κ2) is 15.7. The van der Waals surface area contributed by atoms with Crippen molar-refractivity contribution in [1.82, 2.24) is 9.80 Å². The molecule has 1 heterocycles. The molecule has 0 spiro atoms. The number of hydrogen-bond donors (Lipinski definition) is 0. The van der Waals surface area contributed by atoms with Crippen LogP contribution in [0.1, 0.15) is 36.2 Å². The van der Waals surface area contributed by atoms with Gasteiger partial charge in [0.05, 0.1) is 19.8 Å². The summed E-state index contributed by atoms with van der Waals surface area (Å²) >= 11 is 5.96. The Morgan fingerprint density at radius 3 is 2.18 bits per heavy atom. The molecule has 1 aliphatic heterocycles. The van der Waals surface area contributed by atoms with E-state index in [4.69, 9.17) is 16.3 Å². The summed E-state index contributed by atoms with van der Waals surface area (Å²) in [6, 6.07) is 14.8. The number of esters is 1. The van der Waals surface area contributed by atoms with Gasteiger partial charge in [0.1, 0.15) is 6.42 Å². The third-order valence-corrected chi connectivity index (χ3v) is 6.56. The Kier molecular flexibility index (Phi) is 13.0. The minimum atomic E-state index is -0.598. The van der Waals surface area contributed by atoms with Crippen LogP contribution in [-0.2, 0) is 25.5 Å². The number of methoxy groups -OCH3 is 1. The molecule has 0 saturated carbocycles. The molecule has 10 heteroatoms. The van der Waals surface area contributed by atoms with E-state index in [2.05, 4.69) is 9.64 Å². The van der Waals surface area contributed by atoms with Crippen LogP contribution in [0.5, 0.6) is 0 Å². The lowest BCUT2D eigenvalue weighted by Gasteiger charge is -2.35. The molecule has 0 unspecified atom stereocenters. The topological polar surface area (TPSA) is 79.4 Å². The summed E-state index contributed by atoms with van der Waals surface area (Å²) < 4.78 is 10.2. The zero-order valence-corrected chi connectivity index (χ0v) is 23.8. The second-order valence-corrected chi connectivity index (χ2v) is 9.71. The smallest absolute Gasteiger partial charge is 0.315 e. The summed E-state index contributed by atoms with van der Waals surface area (Å²) in [5, 5.41) is 0.740. The van der Waals surface area contributed by atoms with Crippen molar-refractivity contribution >= 4 is 47.5 Å². The minimum absolute atomic E-state index is 0. The lowest BCUT2D eigenvalue weighted by Crippen LogP contribution is -2.49. The monoisotopic (exact) mass is 565 g/mol. The van der Waals surface area contributed by atoms with Gasteiger partial charge < -0.3 is 19.3 Å². The number of halogens is 2. The van der Waals surface area contributed by atoms with Crippen LogP contribution in [0.3, 0.4) is 0 Å². The second-order valence-electron chi connectivity index (χ2n) is 9.28. The van der Waals surface area contributed by atoms with Crippen molar-refractivity contribution in [2.75, 3.05) is 57.9 Å². The fourth-order valence-electron chi connectivity index (χ4n) is 4.15. The van der Waals surface area contributed by atoms with Gasteiger partial charge in [-0.1, -0.05) is 23.7 Å². The van der Waals surface area contributed by atoms with Gasteiger partial charge in [-0.3, -0.25) is 19.3 Å². The zero-order chi connectivity index (χ0) is 26.8. The van der Waals surface area contributed by atoms with E-state index >= 15 is 0 Å². The molecule has 0 atom stereocenters. The first kappa shape index (κ1) is 31.6. The van der Waals surface area contributed by atoms with E-state index in [1.807, 2.05) is 43.0 Å². The Hall–Kier alpha value is -2.65. The maximum atomic E-state index is 13.1. The normalized spacial score (nSPS) is 13.7. The minimum Gasteiger partial charge on any atom is -0.469 e. The molecule has 0 bridgehead atoms. The van der Waals surface area contributed by atoms with Gasteiger partial charge in [0.2, 0.25) is 5.91 Å². The van der Waals surface area contributed by atoms with Crippen LogP contribution >= 0.6 is 24.0 Å². The Morgan fingerprint density at radius 1 is 0.974 bits per heavy atom. The van der Waals surface area contributed by atoms with Crippen molar-refractivity contribution in [1.29, 1.82) is 0 Å². The Bertz CT molecular complexity index is 1040. The highest BCUT2D eigenvalue weighted by Crippen LogP contribution is 2.19. The van der Waals surface area contributed by atoms with Crippen molar-refractivity contribution in [3.8, 4) is 0 Å². The predicted molar refractivity (Wildman–Crippen MR) is 151 cm³/mol. The van der Waals surface area contributed by atoms with Gasteiger partial charge >= 0.3 is 5.97 Å². The number of nitrogens with zero attached hydrogens (tertiary/aromatic N) is 3. The summed E-state index contributed by atoms with van der Waals surface area (Å²) in [7, 11) is 1.25. The average Bonchev–Trinajstić information content (AvgIpc) is 2.90. The van der Waals surface area contributed by atoms with Gasteiger partial charge in [-0.05, 0) is 62.2 Å². The number of carbonyl (C=O) groups excluding carboxylic acids is 3. The number of anilines is 1. The van der Waals surface area contributed by atoms with Crippen molar-refractivity contribution in [2.45, 2.75) is 32.8 Å². The number of piperazine rings is 1. The third kappa shape index (κ3) is 9.58. The highest BCUT2D eigenvalue weighted by Gasteiger charge is 2.23. The molecule has 3 rings (SSSR count). The third-order valence-electron chi connectivity index (χ3n) is 6.31. The summed E-state index contributed by atoms with van der Waals surface area (Å²) in [6.07, 6.45) is 0.608. The van der Waals surface area contributed by atoms with Crippen molar-refractivity contribution in [3.05, 3.63) is 64.7 Å². The number of amides is 2. The summed E-state index contributed by atoms with van der Waals surface area (Å²) in [6.45, 7) is 8.36. The summed E-state index contributed by atoms with van der Waals surface area (Å²) in [5.41, 5.74) is 2.42. The first-order chi connectivity index (χ1) is 17.8. The molecular formula is C28H37Cl2N3O5. The number of ether oxygens (including phenoxy) is 2.